The van der Waals surface area contributed by atoms with Crippen molar-refractivity contribution < 1.29 is 28.5 Å². The molecule has 7 nitrogen and oxygen atoms in total. The van der Waals surface area contributed by atoms with Crippen LogP contribution in [0.4, 0.5) is 0 Å². The van der Waals surface area contributed by atoms with Crippen molar-refractivity contribution >= 4 is 11.9 Å². The van der Waals surface area contributed by atoms with Gasteiger partial charge in [-0.3, -0.25) is 14.5 Å². The minimum atomic E-state index is -0.518. The third-order valence-electron chi connectivity index (χ3n) is 6.04. The molecule has 32 heavy (non-hydrogen) atoms. The van der Waals surface area contributed by atoms with E-state index >= 15 is 0 Å². The molecule has 1 aliphatic carbocycles. The number of hydrogen-bond donors (Lipinski definition) is 0. The molecule has 0 saturated carbocycles. The molecule has 1 aromatic rings. The average molecular weight is 444 g/mol. The fourth-order valence-corrected chi connectivity index (χ4v) is 4.92. The summed E-state index contributed by atoms with van der Waals surface area (Å²) in [5.74, 6) is 1.14. The first-order valence-electron chi connectivity index (χ1n) is 11.3. The minimum Gasteiger partial charge on any atom is -0.493 e. The van der Waals surface area contributed by atoms with Crippen molar-refractivity contribution in [3.63, 3.8) is 0 Å². The second kappa shape index (κ2) is 8.77. The largest absolute Gasteiger partial charge is 0.493 e. The lowest BCUT2D eigenvalue weighted by Gasteiger charge is -2.31. The number of carbonyl (C=O) groups is 2. The molecule has 3 atom stereocenters. The maximum atomic E-state index is 12.5. The van der Waals surface area contributed by atoms with Crippen molar-refractivity contribution in [2.45, 2.75) is 76.7 Å². The predicted octanol–water partition coefficient (Wildman–Crippen LogP) is 3.74. The number of nitrogens with zero attached hydrogens (tertiary/aromatic N) is 1. The summed E-state index contributed by atoms with van der Waals surface area (Å²) in [5, 5.41) is 0. The van der Waals surface area contributed by atoms with Gasteiger partial charge in [-0.25, -0.2) is 0 Å². The fourth-order valence-electron chi connectivity index (χ4n) is 4.92. The van der Waals surface area contributed by atoms with E-state index in [4.69, 9.17) is 18.9 Å². The smallest absolute Gasteiger partial charge is 0.306 e. The van der Waals surface area contributed by atoms with Crippen LogP contribution in [-0.4, -0.2) is 55.3 Å². The molecule has 0 saturated heterocycles. The topological polar surface area (TPSA) is 74.3 Å². The van der Waals surface area contributed by atoms with Gasteiger partial charge >= 0.3 is 11.9 Å². The number of methoxy groups -OCH3 is 1. The van der Waals surface area contributed by atoms with Crippen LogP contribution in [0.1, 0.15) is 63.5 Å². The summed E-state index contributed by atoms with van der Waals surface area (Å²) in [5.41, 5.74) is 3.18. The highest BCUT2D eigenvalue weighted by molar-refractivity contribution is 5.73. The highest BCUT2D eigenvalue weighted by Gasteiger charge is 2.46. The van der Waals surface area contributed by atoms with Gasteiger partial charge in [0.1, 0.15) is 17.8 Å². The van der Waals surface area contributed by atoms with Crippen LogP contribution in [0.5, 0.6) is 11.5 Å². The molecule has 3 aliphatic rings. The normalized spacial score (nSPS) is 24.0. The number of likely N-dealkylation sites (N-methyl/N-ethyl adjacent to an activating group) is 1. The van der Waals surface area contributed by atoms with Crippen LogP contribution in [-0.2, 0) is 25.6 Å². The van der Waals surface area contributed by atoms with Crippen LogP contribution in [0.3, 0.4) is 0 Å². The minimum absolute atomic E-state index is 0.0777. The molecule has 0 aromatic heterocycles. The summed E-state index contributed by atoms with van der Waals surface area (Å²) in [6.07, 6.45) is 3.08. The second-order valence-corrected chi connectivity index (χ2v) is 9.92. The van der Waals surface area contributed by atoms with E-state index in [2.05, 4.69) is 24.1 Å². The average Bonchev–Trinajstić information content (AvgIpc) is 2.99. The number of hydrogen-bond acceptors (Lipinski definition) is 7. The van der Waals surface area contributed by atoms with E-state index in [1.54, 1.807) is 7.11 Å². The van der Waals surface area contributed by atoms with Gasteiger partial charge in [-0.1, -0.05) is 6.07 Å². The van der Waals surface area contributed by atoms with Crippen molar-refractivity contribution in [1.82, 2.24) is 4.90 Å². The first-order valence-corrected chi connectivity index (χ1v) is 11.3. The number of rotatable bonds is 6. The van der Waals surface area contributed by atoms with Gasteiger partial charge in [0.25, 0.3) is 0 Å². The Kier molecular flexibility index (Phi) is 6.21. The summed E-state index contributed by atoms with van der Waals surface area (Å²) >= 11 is 0. The third-order valence-corrected chi connectivity index (χ3v) is 6.04. The Labute approximate surface area is 189 Å². The van der Waals surface area contributed by atoms with Crippen LogP contribution in [0.2, 0.25) is 0 Å². The van der Waals surface area contributed by atoms with Gasteiger partial charge in [-0.2, -0.15) is 0 Å². The van der Waals surface area contributed by atoms with Crippen LogP contribution in [0.25, 0.3) is 0 Å². The van der Waals surface area contributed by atoms with Crippen molar-refractivity contribution in [3.05, 3.63) is 34.9 Å². The zero-order chi connectivity index (χ0) is 23.0. The van der Waals surface area contributed by atoms with Crippen LogP contribution in [0, 0.1) is 0 Å². The summed E-state index contributed by atoms with van der Waals surface area (Å²) in [7, 11) is 3.76. The Balaban J connectivity index is 1.42. The molecular weight excluding hydrogens is 410 g/mol. The van der Waals surface area contributed by atoms with Crippen molar-refractivity contribution in [2.24, 2.45) is 0 Å². The molecule has 7 heteroatoms. The van der Waals surface area contributed by atoms with Crippen molar-refractivity contribution in [1.29, 1.82) is 0 Å². The zero-order valence-electron chi connectivity index (χ0n) is 19.6. The number of carbonyl (C=O) groups excluding carboxylic acids is 2. The lowest BCUT2D eigenvalue weighted by molar-refractivity contribution is -0.155. The predicted molar refractivity (Wildman–Crippen MR) is 119 cm³/mol. The Morgan fingerprint density at radius 3 is 2.62 bits per heavy atom. The van der Waals surface area contributed by atoms with Gasteiger partial charge in [0.05, 0.1) is 7.11 Å². The third kappa shape index (κ3) is 4.77. The van der Waals surface area contributed by atoms with Crippen LogP contribution in [0.15, 0.2) is 23.8 Å². The lowest BCUT2D eigenvalue weighted by atomic mass is 9.80. The van der Waals surface area contributed by atoms with Gasteiger partial charge in [0.15, 0.2) is 11.5 Å². The molecular formula is C25H33NO6. The maximum absolute atomic E-state index is 12.5. The zero-order valence-corrected chi connectivity index (χ0v) is 19.6. The van der Waals surface area contributed by atoms with E-state index in [0.717, 1.165) is 24.6 Å². The Morgan fingerprint density at radius 2 is 1.91 bits per heavy atom. The molecule has 2 heterocycles. The molecule has 174 valence electrons. The van der Waals surface area contributed by atoms with Gasteiger partial charge in [-0.15, -0.1) is 0 Å². The Bertz CT molecular complexity index is 931. The molecule has 1 aromatic carbocycles. The molecule has 0 bridgehead atoms. The van der Waals surface area contributed by atoms with Crippen molar-refractivity contribution in [3.8, 4) is 11.5 Å². The van der Waals surface area contributed by atoms with E-state index < -0.39 is 5.60 Å². The highest BCUT2D eigenvalue weighted by atomic mass is 16.6. The second-order valence-electron chi connectivity index (χ2n) is 9.92. The van der Waals surface area contributed by atoms with Crippen LogP contribution < -0.4 is 9.47 Å². The summed E-state index contributed by atoms with van der Waals surface area (Å²) in [6, 6.07) is 4.09. The molecule has 0 amide bonds. The quantitative estimate of drug-likeness (QED) is 0.490. The standard InChI is InChI=1S/C25H33NO6/c1-25(2,3)32-21(28)8-6-7-20(27)30-17-11-16-14-26(4)13-15-9-10-18(29-5)24-23(15)22(16)19(12-17)31-24/h9-11,17,19,22H,6-8,12-14H2,1-5H3/t17-,19-,22+/m0/s1. The SMILES string of the molecule is COc1ccc2c3c1O[C@H]1C[C@@H](OC(=O)CCCC(=O)OC(C)(C)C)C=C(CN(C)C2)[C@@H]31. The van der Waals surface area contributed by atoms with E-state index in [-0.39, 0.29) is 42.9 Å². The molecule has 0 unspecified atom stereocenters. The first-order chi connectivity index (χ1) is 15.1. The number of benzene rings is 1. The fraction of sp³-hybridized carbons (Fsp3) is 0.600. The Hall–Kier alpha value is -2.54. The maximum Gasteiger partial charge on any atom is 0.306 e. The van der Waals surface area contributed by atoms with Gasteiger partial charge in [-0.05, 0) is 57.5 Å². The van der Waals surface area contributed by atoms with Gasteiger partial charge in [0, 0.05) is 43.8 Å². The van der Waals surface area contributed by atoms with Gasteiger partial charge < -0.3 is 18.9 Å². The van der Waals surface area contributed by atoms with E-state index in [1.807, 2.05) is 26.8 Å². The number of esters is 2. The molecule has 0 spiro atoms. The van der Waals surface area contributed by atoms with Crippen LogP contribution >= 0.6 is 0 Å². The molecule has 0 fully saturated rings. The van der Waals surface area contributed by atoms with E-state index in [0.29, 0.717) is 12.8 Å². The van der Waals surface area contributed by atoms with Crippen molar-refractivity contribution in [2.75, 3.05) is 20.7 Å². The molecule has 0 radical (unpaired) electrons. The Morgan fingerprint density at radius 1 is 1.16 bits per heavy atom. The molecule has 4 rings (SSSR count). The summed E-state index contributed by atoms with van der Waals surface area (Å²) in [4.78, 5) is 26.6. The first kappa shape index (κ1) is 22.6. The molecule has 0 N–H and O–H groups in total. The number of ether oxygens (including phenoxy) is 4. The van der Waals surface area contributed by atoms with Gasteiger partial charge in [0.2, 0.25) is 0 Å². The van der Waals surface area contributed by atoms with E-state index in [9.17, 15) is 9.59 Å². The van der Waals surface area contributed by atoms with E-state index in [1.165, 1.54) is 16.7 Å². The monoisotopic (exact) mass is 443 g/mol. The lowest BCUT2D eigenvalue weighted by Crippen LogP contribution is -2.35. The molecule has 2 aliphatic heterocycles. The summed E-state index contributed by atoms with van der Waals surface area (Å²) in [6.45, 7) is 7.13. The summed E-state index contributed by atoms with van der Waals surface area (Å²) < 4.78 is 23.0. The highest BCUT2D eigenvalue weighted by Crippen LogP contribution is 2.53.